The van der Waals surface area contributed by atoms with E-state index in [9.17, 15) is 14.0 Å². The number of pyridine rings is 1. The summed E-state index contributed by atoms with van der Waals surface area (Å²) >= 11 is 0. The van der Waals surface area contributed by atoms with E-state index in [2.05, 4.69) is 19.9 Å². The van der Waals surface area contributed by atoms with E-state index in [0.717, 1.165) is 12.8 Å². The topological polar surface area (TPSA) is 110 Å². The number of rotatable bonds is 3. The molecule has 0 bridgehead atoms. The normalized spacial score (nSPS) is 18.8. The molecule has 184 valence electrons. The molecule has 0 saturated heterocycles. The first kappa shape index (κ1) is 23.0. The van der Waals surface area contributed by atoms with Gasteiger partial charge < -0.3 is 14.6 Å². The predicted molar refractivity (Wildman–Crippen MR) is 128 cm³/mol. The van der Waals surface area contributed by atoms with Crippen molar-refractivity contribution in [3.05, 3.63) is 47.0 Å². The minimum atomic E-state index is -0.552. The molecule has 4 heterocycles. The molecule has 0 spiro atoms. The molecule has 4 aromatic heterocycles. The lowest BCUT2D eigenvalue weighted by atomic mass is 9.90. The van der Waals surface area contributed by atoms with Crippen LogP contribution in [0.4, 0.5) is 9.18 Å². The Morgan fingerprint density at radius 3 is 2.63 bits per heavy atom. The fourth-order valence-corrected chi connectivity index (χ4v) is 4.69. The lowest BCUT2D eigenvalue weighted by Gasteiger charge is -2.35. The molecule has 0 unspecified atom stereocenters. The molecular weight excluding hydrogens is 453 g/mol. The zero-order chi connectivity index (χ0) is 24.9. The van der Waals surface area contributed by atoms with Gasteiger partial charge in [-0.3, -0.25) is 8.97 Å². The third-order valence-electron chi connectivity index (χ3n) is 6.42. The average Bonchev–Trinajstić information content (AvgIpc) is 3.36. The molecule has 5 rings (SSSR count). The number of halogens is 1. The minimum Gasteiger partial charge on any atom is -0.444 e. The number of nitrogens with one attached hydrogen (secondary N) is 1. The number of hydrogen-bond donors (Lipinski definition) is 1. The van der Waals surface area contributed by atoms with E-state index in [1.165, 1.54) is 12.3 Å². The van der Waals surface area contributed by atoms with Gasteiger partial charge in [-0.1, -0.05) is 0 Å². The van der Waals surface area contributed by atoms with Crippen LogP contribution in [-0.2, 0) is 4.74 Å². The molecule has 1 N–H and O–H groups in total. The highest BCUT2D eigenvalue weighted by atomic mass is 19.1. The number of amides is 1. The van der Waals surface area contributed by atoms with Gasteiger partial charge in [-0.05, 0) is 58.6 Å². The first-order valence-electron chi connectivity index (χ1n) is 11.7. The van der Waals surface area contributed by atoms with Crippen LogP contribution in [0.3, 0.4) is 0 Å². The van der Waals surface area contributed by atoms with Gasteiger partial charge >= 0.3 is 11.8 Å². The molecule has 1 fully saturated rings. The average molecular weight is 482 g/mol. The molecule has 1 aliphatic rings. The van der Waals surface area contributed by atoms with Crippen LogP contribution in [0.1, 0.15) is 52.5 Å². The van der Waals surface area contributed by atoms with Crippen LogP contribution in [0.25, 0.3) is 28.3 Å². The molecule has 1 saturated carbocycles. The molecule has 0 aliphatic heterocycles. The summed E-state index contributed by atoms with van der Waals surface area (Å²) in [4.78, 5) is 43.1. The third-order valence-corrected chi connectivity index (χ3v) is 6.42. The number of aromatic amines is 1. The zero-order valence-electron chi connectivity index (χ0n) is 20.2. The number of imidazole rings is 2. The van der Waals surface area contributed by atoms with Crippen molar-refractivity contribution < 1.29 is 13.9 Å². The second kappa shape index (κ2) is 8.47. The lowest BCUT2D eigenvalue weighted by molar-refractivity contribution is 0.0174. The number of nitrogens with zero attached hydrogens (tertiary/aromatic N) is 6. The van der Waals surface area contributed by atoms with Crippen LogP contribution < -0.4 is 5.69 Å². The summed E-state index contributed by atoms with van der Waals surface area (Å²) in [6, 6.07) is 2.90. The standard InChI is InChI=1S/C24H28FN7O3/c1-24(2,3)35-23(34)30(4)15-6-8-16(9-7-15)32-21-17(28-22(32)33)11-27-20(29-21)18-12-26-19-10-5-14(25)13-31(18)19/h5,10-13,15-16H,6-9H2,1-4H3,(H,28,33). The fourth-order valence-electron chi connectivity index (χ4n) is 4.69. The fraction of sp³-hybridized carbons (Fsp3) is 0.458. The second-order valence-electron chi connectivity index (χ2n) is 10.0. The number of H-pyrrole nitrogens is 1. The Balaban J connectivity index is 1.40. The molecule has 0 radical (unpaired) electrons. The highest BCUT2D eigenvalue weighted by molar-refractivity contribution is 5.73. The summed E-state index contributed by atoms with van der Waals surface area (Å²) in [5, 5.41) is 0. The summed E-state index contributed by atoms with van der Waals surface area (Å²) in [5.74, 6) is -0.0498. The lowest BCUT2D eigenvalue weighted by Crippen LogP contribution is -2.43. The van der Waals surface area contributed by atoms with Gasteiger partial charge in [0.1, 0.15) is 28.3 Å². The Labute approximate surface area is 200 Å². The van der Waals surface area contributed by atoms with E-state index < -0.39 is 11.4 Å². The Hall–Kier alpha value is -3.76. The quantitative estimate of drug-likeness (QED) is 0.475. The highest BCUT2D eigenvalue weighted by Crippen LogP contribution is 2.32. The van der Waals surface area contributed by atoms with E-state index in [1.807, 2.05) is 20.8 Å². The molecule has 1 aliphatic carbocycles. The van der Waals surface area contributed by atoms with Crippen LogP contribution in [0.15, 0.2) is 35.5 Å². The number of carbonyl (C=O) groups excluding carboxylic acids is 1. The van der Waals surface area contributed by atoms with Gasteiger partial charge in [-0.2, -0.15) is 0 Å². The SMILES string of the molecule is CN(C(=O)OC(C)(C)C)C1CCC(n2c(=O)[nH]c3cnc(-c4cnc5ccc(F)cn45)nc32)CC1. The smallest absolute Gasteiger partial charge is 0.410 e. The van der Waals surface area contributed by atoms with Crippen molar-refractivity contribution >= 4 is 22.9 Å². The second-order valence-corrected chi connectivity index (χ2v) is 10.0. The molecular formula is C24H28FN7O3. The number of hydrogen-bond acceptors (Lipinski definition) is 6. The van der Waals surface area contributed by atoms with E-state index in [-0.39, 0.29) is 23.9 Å². The maximum absolute atomic E-state index is 13.8. The molecule has 10 nitrogen and oxygen atoms in total. The Morgan fingerprint density at radius 2 is 1.91 bits per heavy atom. The maximum atomic E-state index is 13.8. The van der Waals surface area contributed by atoms with Crippen LogP contribution in [0, 0.1) is 5.82 Å². The first-order valence-corrected chi connectivity index (χ1v) is 11.7. The number of carbonyl (C=O) groups is 1. The van der Waals surface area contributed by atoms with Crippen LogP contribution in [0.5, 0.6) is 0 Å². The Bertz CT molecular complexity index is 1460. The number of aromatic nitrogens is 6. The van der Waals surface area contributed by atoms with E-state index in [4.69, 9.17) is 4.74 Å². The Morgan fingerprint density at radius 1 is 1.17 bits per heavy atom. The minimum absolute atomic E-state index is 0.0419. The van der Waals surface area contributed by atoms with E-state index in [1.54, 1.807) is 39.4 Å². The van der Waals surface area contributed by atoms with Gasteiger partial charge in [0, 0.05) is 25.3 Å². The van der Waals surface area contributed by atoms with Crippen molar-refractivity contribution in [1.82, 2.24) is 33.8 Å². The van der Waals surface area contributed by atoms with Gasteiger partial charge in [0.05, 0.1) is 12.4 Å². The summed E-state index contributed by atoms with van der Waals surface area (Å²) in [6.07, 6.45) is 7.05. The highest BCUT2D eigenvalue weighted by Gasteiger charge is 2.31. The van der Waals surface area contributed by atoms with Gasteiger partial charge in [-0.15, -0.1) is 0 Å². The summed E-state index contributed by atoms with van der Waals surface area (Å²) in [7, 11) is 1.76. The Kier molecular flexibility index (Phi) is 5.57. The van der Waals surface area contributed by atoms with Gasteiger partial charge in [-0.25, -0.2) is 28.9 Å². The van der Waals surface area contributed by atoms with E-state index in [0.29, 0.717) is 41.2 Å². The van der Waals surface area contributed by atoms with Crippen LogP contribution in [0.2, 0.25) is 0 Å². The maximum Gasteiger partial charge on any atom is 0.410 e. The largest absolute Gasteiger partial charge is 0.444 e. The first-order chi connectivity index (χ1) is 16.6. The molecule has 35 heavy (non-hydrogen) atoms. The van der Waals surface area contributed by atoms with Crippen molar-refractivity contribution in [2.75, 3.05) is 7.05 Å². The predicted octanol–water partition coefficient (Wildman–Crippen LogP) is 3.92. The van der Waals surface area contributed by atoms with Crippen LogP contribution in [-0.4, -0.2) is 58.6 Å². The summed E-state index contributed by atoms with van der Waals surface area (Å²) < 4.78 is 22.6. The molecule has 1 amide bonds. The van der Waals surface area contributed by atoms with Gasteiger partial charge in [0.25, 0.3) is 0 Å². The van der Waals surface area contributed by atoms with Crippen molar-refractivity contribution in [2.24, 2.45) is 0 Å². The molecule has 0 aromatic carbocycles. The third kappa shape index (κ3) is 4.38. The molecule has 11 heteroatoms. The summed E-state index contributed by atoms with van der Waals surface area (Å²) in [5.41, 5.74) is 1.33. The van der Waals surface area contributed by atoms with Crippen LogP contribution >= 0.6 is 0 Å². The molecule has 0 atom stereocenters. The molecule has 4 aromatic rings. The van der Waals surface area contributed by atoms with Crippen molar-refractivity contribution in [3.8, 4) is 11.5 Å². The van der Waals surface area contributed by atoms with Crippen molar-refractivity contribution in [3.63, 3.8) is 0 Å². The number of ether oxygens (including phenoxy) is 1. The summed E-state index contributed by atoms with van der Waals surface area (Å²) in [6.45, 7) is 5.54. The van der Waals surface area contributed by atoms with E-state index >= 15 is 0 Å². The van der Waals surface area contributed by atoms with Gasteiger partial charge in [0.2, 0.25) is 0 Å². The van der Waals surface area contributed by atoms with Gasteiger partial charge in [0.15, 0.2) is 11.5 Å². The van der Waals surface area contributed by atoms with Crippen molar-refractivity contribution in [1.29, 1.82) is 0 Å². The van der Waals surface area contributed by atoms with Crippen molar-refractivity contribution in [2.45, 2.75) is 64.1 Å². The monoisotopic (exact) mass is 481 g/mol. The number of fused-ring (bicyclic) bond motifs is 2. The zero-order valence-corrected chi connectivity index (χ0v) is 20.2.